The monoisotopic (exact) mass is 402 g/mol. The Bertz CT molecular complexity index is 944. The molecule has 3 aromatic rings. The van der Waals surface area contributed by atoms with Crippen molar-refractivity contribution in [3.63, 3.8) is 0 Å². The highest BCUT2D eigenvalue weighted by atomic mass is 16.7. The van der Waals surface area contributed by atoms with Crippen LogP contribution in [0.2, 0.25) is 0 Å². The molecule has 156 valence electrons. The second-order valence-corrected chi connectivity index (χ2v) is 7.04. The van der Waals surface area contributed by atoms with Crippen molar-refractivity contribution in [2.24, 2.45) is 0 Å². The first-order valence-corrected chi connectivity index (χ1v) is 10.6. The van der Waals surface area contributed by atoms with Crippen LogP contribution in [0.4, 0.5) is 11.4 Å². The fraction of sp³-hybridized carbons (Fsp3) is 0.269. The lowest BCUT2D eigenvalue weighted by molar-refractivity contribution is 0.0959. The second-order valence-electron chi connectivity index (χ2n) is 7.04. The second kappa shape index (κ2) is 10.1. The average molecular weight is 403 g/mol. The highest BCUT2D eigenvalue weighted by molar-refractivity contribution is 6.06. The zero-order valence-electron chi connectivity index (χ0n) is 18.2. The van der Waals surface area contributed by atoms with Crippen LogP contribution in [-0.2, 0) is 4.84 Å². The van der Waals surface area contributed by atoms with Crippen LogP contribution < -0.4 is 9.96 Å². The van der Waals surface area contributed by atoms with Crippen LogP contribution in [-0.4, -0.2) is 19.1 Å². The van der Waals surface area contributed by atoms with Crippen molar-refractivity contribution in [1.29, 1.82) is 0 Å². The molecule has 30 heavy (non-hydrogen) atoms. The summed E-state index contributed by atoms with van der Waals surface area (Å²) in [6.45, 7) is 6.13. The van der Waals surface area contributed by atoms with Gasteiger partial charge in [0.05, 0.1) is 24.9 Å². The Morgan fingerprint density at radius 2 is 1.47 bits per heavy atom. The van der Waals surface area contributed by atoms with Crippen molar-refractivity contribution in [2.75, 3.05) is 17.1 Å². The highest BCUT2D eigenvalue weighted by Crippen LogP contribution is 2.42. The van der Waals surface area contributed by atoms with Gasteiger partial charge in [-0.2, -0.15) is 0 Å². The molecule has 3 aromatic carbocycles. The van der Waals surface area contributed by atoms with Crippen LogP contribution in [0.3, 0.4) is 0 Å². The Morgan fingerprint density at radius 3 is 2.10 bits per heavy atom. The minimum Gasteiger partial charge on any atom is -0.301 e. The normalized spacial score (nSPS) is 17.4. The molecule has 2 atom stereocenters. The predicted octanol–water partition coefficient (Wildman–Crippen LogP) is 6.26. The van der Waals surface area contributed by atoms with Crippen molar-refractivity contribution in [3.8, 4) is 0 Å². The zero-order valence-corrected chi connectivity index (χ0v) is 18.2. The summed E-state index contributed by atoms with van der Waals surface area (Å²) in [5.74, 6) is 0.00432. The number of anilines is 2. The van der Waals surface area contributed by atoms with E-state index in [-0.39, 0.29) is 18.0 Å². The lowest BCUT2D eigenvalue weighted by atomic mass is 9.91. The van der Waals surface area contributed by atoms with Gasteiger partial charge in [0.1, 0.15) is 0 Å². The van der Waals surface area contributed by atoms with Crippen LogP contribution in [0.5, 0.6) is 0 Å². The van der Waals surface area contributed by atoms with E-state index in [1.54, 1.807) is 7.11 Å². The summed E-state index contributed by atoms with van der Waals surface area (Å²) in [5.41, 5.74) is 3.69. The number of amides is 1. The SMILES string of the molecule is CC.CON1c2ccccc2C(N(C(=O)c2ccccc2)c2ccccc2)CC1C. The predicted molar refractivity (Wildman–Crippen MR) is 124 cm³/mol. The number of hydroxylamine groups is 1. The molecule has 1 aliphatic heterocycles. The molecule has 4 rings (SSSR count). The zero-order chi connectivity index (χ0) is 21.5. The van der Waals surface area contributed by atoms with Crippen molar-refractivity contribution < 1.29 is 9.63 Å². The van der Waals surface area contributed by atoms with Gasteiger partial charge in [-0.15, -0.1) is 0 Å². The number of hydrogen-bond donors (Lipinski definition) is 0. The third-order valence-corrected chi connectivity index (χ3v) is 5.28. The highest BCUT2D eigenvalue weighted by Gasteiger charge is 2.36. The van der Waals surface area contributed by atoms with Gasteiger partial charge >= 0.3 is 0 Å². The van der Waals surface area contributed by atoms with E-state index in [1.165, 1.54) is 0 Å². The third kappa shape index (κ3) is 4.24. The quantitative estimate of drug-likeness (QED) is 0.516. The maximum atomic E-state index is 13.6. The van der Waals surface area contributed by atoms with Gasteiger partial charge in [-0.1, -0.05) is 68.4 Å². The summed E-state index contributed by atoms with van der Waals surface area (Å²) in [6.07, 6.45) is 0.776. The number of nitrogens with zero attached hydrogens (tertiary/aromatic N) is 2. The largest absolute Gasteiger partial charge is 0.301 e. The number of para-hydroxylation sites is 2. The summed E-state index contributed by atoms with van der Waals surface area (Å²) < 4.78 is 0. The molecule has 0 saturated heterocycles. The minimum absolute atomic E-state index is 0.00432. The van der Waals surface area contributed by atoms with Crippen molar-refractivity contribution in [2.45, 2.75) is 39.3 Å². The number of hydrogen-bond acceptors (Lipinski definition) is 3. The standard InChI is InChI=1S/C24H24N2O2.C2H6/c1-18-17-23(21-15-9-10-16-22(21)26(18)28-2)25(20-13-7-4-8-14-20)24(27)19-11-5-3-6-12-19;1-2/h3-16,18,23H,17H2,1-2H3;1-2H3. The first-order chi connectivity index (χ1) is 14.7. The molecular formula is C26H30N2O2. The summed E-state index contributed by atoms with van der Waals surface area (Å²) in [4.78, 5) is 21.2. The summed E-state index contributed by atoms with van der Waals surface area (Å²) in [7, 11) is 1.69. The van der Waals surface area contributed by atoms with Gasteiger partial charge in [-0.3, -0.25) is 14.7 Å². The number of carbonyl (C=O) groups excluding carboxylic acids is 1. The Hall–Kier alpha value is -3.11. The van der Waals surface area contributed by atoms with E-state index >= 15 is 0 Å². The molecule has 4 heteroatoms. The fourth-order valence-electron chi connectivity index (χ4n) is 4.02. The molecule has 0 aromatic heterocycles. The van der Waals surface area contributed by atoms with E-state index in [4.69, 9.17) is 4.84 Å². The number of carbonyl (C=O) groups is 1. The van der Waals surface area contributed by atoms with Gasteiger partial charge in [-0.05, 0) is 43.7 Å². The Balaban J connectivity index is 0.00000124. The summed E-state index contributed by atoms with van der Waals surface area (Å²) in [5, 5.41) is 1.93. The maximum Gasteiger partial charge on any atom is 0.258 e. The molecule has 0 radical (unpaired) electrons. The molecule has 1 amide bonds. The van der Waals surface area contributed by atoms with Crippen molar-refractivity contribution in [3.05, 3.63) is 96.1 Å². The smallest absolute Gasteiger partial charge is 0.258 e. The minimum atomic E-state index is -0.0762. The number of benzene rings is 3. The topological polar surface area (TPSA) is 32.8 Å². The summed E-state index contributed by atoms with van der Waals surface area (Å²) >= 11 is 0. The average Bonchev–Trinajstić information content (AvgIpc) is 2.82. The van der Waals surface area contributed by atoms with Crippen molar-refractivity contribution >= 4 is 17.3 Å². The van der Waals surface area contributed by atoms with Gasteiger partial charge in [0.15, 0.2) is 0 Å². The van der Waals surface area contributed by atoms with Crippen LogP contribution in [0.1, 0.15) is 49.2 Å². The van der Waals surface area contributed by atoms with Crippen LogP contribution in [0, 0.1) is 0 Å². The molecule has 0 spiro atoms. The molecule has 2 unspecified atom stereocenters. The first kappa shape index (κ1) is 21.6. The van der Waals surface area contributed by atoms with Gasteiger partial charge in [0.2, 0.25) is 0 Å². The van der Waals surface area contributed by atoms with Gasteiger partial charge in [0, 0.05) is 16.8 Å². The number of fused-ring (bicyclic) bond motifs is 1. The molecule has 1 aliphatic rings. The van der Waals surface area contributed by atoms with E-state index in [1.807, 2.05) is 96.6 Å². The van der Waals surface area contributed by atoms with Gasteiger partial charge in [0.25, 0.3) is 5.91 Å². The lowest BCUT2D eigenvalue weighted by Crippen LogP contribution is -2.45. The van der Waals surface area contributed by atoms with Gasteiger partial charge in [-0.25, -0.2) is 0 Å². The Morgan fingerprint density at radius 1 is 0.900 bits per heavy atom. The third-order valence-electron chi connectivity index (χ3n) is 5.28. The molecule has 0 bridgehead atoms. The molecule has 1 heterocycles. The molecule has 4 nitrogen and oxygen atoms in total. The first-order valence-electron chi connectivity index (χ1n) is 10.6. The van der Waals surface area contributed by atoms with E-state index in [2.05, 4.69) is 19.1 Å². The molecule has 0 aliphatic carbocycles. The molecule has 0 N–H and O–H groups in total. The van der Waals surface area contributed by atoms with Crippen molar-refractivity contribution in [1.82, 2.24) is 0 Å². The molecule has 0 saturated carbocycles. The Labute approximate surface area is 179 Å². The van der Waals surface area contributed by atoms with E-state index in [0.717, 1.165) is 23.4 Å². The van der Waals surface area contributed by atoms with Crippen LogP contribution >= 0.6 is 0 Å². The summed E-state index contributed by atoms with van der Waals surface area (Å²) in [6, 6.07) is 27.6. The van der Waals surface area contributed by atoms with Gasteiger partial charge < -0.3 is 4.90 Å². The van der Waals surface area contributed by atoms with Crippen LogP contribution in [0.25, 0.3) is 0 Å². The van der Waals surface area contributed by atoms with E-state index in [9.17, 15) is 4.79 Å². The fourth-order valence-corrected chi connectivity index (χ4v) is 4.02. The van der Waals surface area contributed by atoms with E-state index < -0.39 is 0 Å². The maximum absolute atomic E-state index is 13.6. The Kier molecular flexibility index (Phi) is 7.26. The number of rotatable bonds is 4. The molecular weight excluding hydrogens is 372 g/mol. The van der Waals surface area contributed by atoms with Crippen LogP contribution in [0.15, 0.2) is 84.9 Å². The lowest BCUT2D eigenvalue weighted by Gasteiger charge is -2.43. The molecule has 0 fully saturated rings. The van der Waals surface area contributed by atoms with E-state index in [0.29, 0.717) is 5.56 Å².